The van der Waals surface area contributed by atoms with Crippen molar-refractivity contribution in [3.63, 3.8) is 0 Å². The number of halogens is 2. The molecule has 4 nitrogen and oxygen atoms in total. The Morgan fingerprint density at radius 1 is 1.00 bits per heavy atom. The number of benzene rings is 1. The van der Waals surface area contributed by atoms with E-state index in [2.05, 4.69) is 35.6 Å². The van der Waals surface area contributed by atoms with Gasteiger partial charge in [0.25, 0.3) is 0 Å². The van der Waals surface area contributed by atoms with Crippen LogP contribution in [0, 0.1) is 0 Å². The molecule has 0 radical (unpaired) electrons. The standard InChI is InChI=1S/C15H22N2.2ClH.2H3N.Pt/c16-12-6-8-13(9-7-12)17-15-10-14(15)11-4-2-1-3-5-11;;;;;/h1-5,12-15,17H,6-10,16H2;2*1H;2*1H3;/q;;;;;+4/p-2. The molecule has 0 aromatic heterocycles. The van der Waals surface area contributed by atoms with Gasteiger partial charge in [-0.1, -0.05) is 30.3 Å². The van der Waals surface area contributed by atoms with Crippen molar-refractivity contribution in [2.75, 3.05) is 0 Å². The van der Waals surface area contributed by atoms with Crippen LogP contribution < -0.4 is 23.4 Å². The molecule has 2 aliphatic carbocycles. The second-order valence-electron chi connectivity index (χ2n) is 5.68. The quantitative estimate of drug-likeness (QED) is 0.472. The Kier molecular flexibility index (Phi) is 12.0. The number of nitrogens with two attached hydrogens (primary N) is 1. The van der Waals surface area contributed by atoms with Crippen LogP contribution in [-0.4, -0.2) is 18.1 Å². The van der Waals surface area contributed by atoms with Gasteiger partial charge in [0.15, 0.2) is 0 Å². The molecular formula is C15H28Cl2N4Pt+2. The zero-order valence-electron chi connectivity index (χ0n) is 12.8. The van der Waals surface area contributed by atoms with Crippen LogP contribution in [0.1, 0.15) is 43.6 Å². The van der Waals surface area contributed by atoms with Crippen LogP contribution >= 0.6 is 18.8 Å². The predicted molar refractivity (Wildman–Crippen MR) is 92.7 cm³/mol. The third-order valence-electron chi connectivity index (χ3n) is 4.24. The summed E-state index contributed by atoms with van der Waals surface area (Å²) in [6.07, 6.45) is 6.23. The van der Waals surface area contributed by atoms with E-state index in [0.717, 1.165) is 12.0 Å². The van der Waals surface area contributed by atoms with Crippen molar-refractivity contribution >= 4 is 18.8 Å². The second-order valence-corrected chi connectivity index (χ2v) is 8.97. The molecule has 2 saturated carbocycles. The fourth-order valence-corrected chi connectivity index (χ4v) is 3.04. The second kappa shape index (κ2) is 11.8. The third-order valence-corrected chi connectivity index (χ3v) is 4.24. The average Bonchev–Trinajstić information content (AvgIpc) is 3.23. The van der Waals surface area contributed by atoms with Crippen LogP contribution in [0.4, 0.5) is 0 Å². The first-order chi connectivity index (χ1) is 9.74. The number of nitrogens with one attached hydrogen (secondary N) is 1. The fourth-order valence-electron chi connectivity index (χ4n) is 3.04. The summed E-state index contributed by atoms with van der Waals surface area (Å²) in [5, 5.41) is 3.81. The van der Waals surface area contributed by atoms with E-state index < -0.39 is 16.5 Å². The zero-order chi connectivity index (χ0) is 14.4. The van der Waals surface area contributed by atoms with Gasteiger partial charge >= 0.3 is 35.3 Å². The van der Waals surface area contributed by atoms with E-state index in [1.807, 2.05) is 0 Å². The summed E-state index contributed by atoms with van der Waals surface area (Å²) in [5.41, 5.74) is 7.43. The first-order valence-electron chi connectivity index (χ1n) is 7.13. The molecule has 2 fully saturated rings. The van der Waals surface area contributed by atoms with E-state index in [0.29, 0.717) is 12.1 Å². The first kappa shape index (κ1) is 22.3. The van der Waals surface area contributed by atoms with Gasteiger partial charge in [-0.15, -0.1) is 0 Å². The van der Waals surface area contributed by atoms with Gasteiger partial charge in [-0.05, 0) is 37.7 Å². The number of hydrogen-bond donors (Lipinski definition) is 4. The van der Waals surface area contributed by atoms with Gasteiger partial charge in [-0.25, -0.2) is 0 Å². The summed E-state index contributed by atoms with van der Waals surface area (Å²) in [6.45, 7) is 0. The van der Waals surface area contributed by atoms with Crippen LogP contribution in [0.15, 0.2) is 30.3 Å². The molecule has 3 rings (SSSR count). The molecule has 2 aliphatic rings. The average molecular weight is 530 g/mol. The molecule has 1 aromatic carbocycles. The first-order valence-corrected chi connectivity index (χ1v) is 12.8. The summed E-state index contributed by atoms with van der Waals surface area (Å²) in [6, 6.07) is 12.8. The normalized spacial score (nSPS) is 29.4. The topological polar surface area (TPSA) is 108 Å². The van der Waals surface area contributed by atoms with E-state index in [-0.39, 0.29) is 12.3 Å². The van der Waals surface area contributed by atoms with Gasteiger partial charge in [0.2, 0.25) is 0 Å². The van der Waals surface area contributed by atoms with Gasteiger partial charge in [-0.2, -0.15) is 0 Å². The van der Waals surface area contributed by atoms with Crippen molar-refractivity contribution in [1.82, 2.24) is 17.6 Å². The molecule has 2 atom stereocenters. The van der Waals surface area contributed by atoms with Crippen molar-refractivity contribution in [2.24, 2.45) is 5.73 Å². The zero-order valence-corrected chi connectivity index (χ0v) is 16.6. The minimum atomic E-state index is -0.472. The Bertz CT molecular complexity index is 388. The number of rotatable bonds is 3. The molecular weight excluding hydrogens is 502 g/mol. The molecule has 7 heteroatoms. The molecule has 9 N–H and O–H groups in total. The van der Waals surface area contributed by atoms with E-state index in [1.165, 1.54) is 37.7 Å². The van der Waals surface area contributed by atoms with Crippen molar-refractivity contribution in [1.29, 1.82) is 0 Å². The Balaban J connectivity index is 0.000000820. The Hall–Kier alpha value is 0.328. The molecule has 0 bridgehead atoms. The molecule has 0 aliphatic heterocycles. The van der Waals surface area contributed by atoms with Gasteiger partial charge in [0.05, 0.1) is 0 Å². The monoisotopic (exact) mass is 529 g/mol. The maximum absolute atomic E-state index is 5.93. The Morgan fingerprint density at radius 3 is 2.09 bits per heavy atom. The summed E-state index contributed by atoms with van der Waals surface area (Å²) in [5.74, 6) is 0.756. The molecule has 130 valence electrons. The van der Waals surface area contributed by atoms with Crippen LogP contribution in [0.2, 0.25) is 0 Å². The Labute approximate surface area is 150 Å². The van der Waals surface area contributed by atoms with Gasteiger partial charge in [0, 0.05) is 24.0 Å². The van der Waals surface area contributed by atoms with Crippen molar-refractivity contribution in [3.05, 3.63) is 35.9 Å². The molecule has 0 saturated heterocycles. The van der Waals surface area contributed by atoms with Crippen molar-refractivity contribution in [2.45, 2.75) is 56.1 Å². The van der Waals surface area contributed by atoms with Crippen LogP contribution in [0.5, 0.6) is 0 Å². The van der Waals surface area contributed by atoms with E-state index in [9.17, 15) is 0 Å². The molecule has 0 amide bonds. The van der Waals surface area contributed by atoms with E-state index >= 15 is 0 Å². The van der Waals surface area contributed by atoms with Gasteiger partial charge in [-0.3, -0.25) is 0 Å². The summed E-state index contributed by atoms with van der Waals surface area (Å²) >= 11 is -0.472. The number of hydrogen-bond acceptors (Lipinski definition) is 4. The van der Waals surface area contributed by atoms with Crippen molar-refractivity contribution < 1.29 is 16.5 Å². The fraction of sp³-hybridized carbons (Fsp3) is 0.600. The van der Waals surface area contributed by atoms with E-state index in [4.69, 9.17) is 24.6 Å². The van der Waals surface area contributed by atoms with Gasteiger partial charge < -0.3 is 23.4 Å². The third kappa shape index (κ3) is 7.27. The molecule has 1 aromatic rings. The SMILES string of the molecule is N.N.NC1CCC(NC2CC2c2ccccc2)CC1.[Cl][Pt+2][Cl]. The predicted octanol–water partition coefficient (Wildman–Crippen LogP) is 4.10. The van der Waals surface area contributed by atoms with Crippen LogP contribution in [0.25, 0.3) is 0 Å². The van der Waals surface area contributed by atoms with E-state index in [1.54, 1.807) is 0 Å². The van der Waals surface area contributed by atoms with Crippen molar-refractivity contribution in [3.8, 4) is 0 Å². The minimum absolute atomic E-state index is 0. The molecule has 0 spiro atoms. The van der Waals surface area contributed by atoms with Crippen LogP contribution in [0.3, 0.4) is 0 Å². The molecule has 22 heavy (non-hydrogen) atoms. The summed E-state index contributed by atoms with van der Waals surface area (Å²) < 4.78 is 0. The van der Waals surface area contributed by atoms with Gasteiger partial charge in [0.1, 0.15) is 0 Å². The van der Waals surface area contributed by atoms with Crippen LogP contribution in [-0.2, 0) is 16.5 Å². The Morgan fingerprint density at radius 2 is 1.55 bits per heavy atom. The molecule has 2 unspecified atom stereocenters. The summed E-state index contributed by atoms with van der Waals surface area (Å²) in [7, 11) is 9.75. The summed E-state index contributed by atoms with van der Waals surface area (Å²) in [4.78, 5) is 0. The maximum atomic E-state index is 5.93. The molecule has 0 heterocycles.